The molecule has 6 nitrogen and oxygen atoms in total. The number of alkyl halides is 3. The van der Waals surface area contributed by atoms with Crippen molar-refractivity contribution >= 4 is 28.6 Å². The molecule has 1 aliphatic heterocycles. The number of carbonyl (C=O) groups is 1. The van der Waals surface area contributed by atoms with E-state index in [4.69, 9.17) is 15.7 Å². The second-order valence-corrected chi connectivity index (χ2v) is 13.0. The number of hydrogen-bond donors (Lipinski definition) is 0. The highest BCUT2D eigenvalue weighted by Gasteiger charge is 2.31. The molecule has 1 aliphatic rings. The number of methoxy groups -OCH3 is 1. The third kappa shape index (κ3) is 9.17. The van der Waals surface area contributed by atoms with Gasteiger partial charge in [-0.15, -0.1) is 11.8 Å². The lowest BCUT2D eigenvalue weighted by Gasteiger charge is -2.39. The normalized spacial score (nSPS) is 17.7. The van der Waals surface area contributed by atoms with Crippen LogP contribution in [0.1, 0.15) is 48.8 Å². The minimum Gasteiger partial charge on any atom is -0.383 e. The molecule has 0 unspecified atom stereocenters. The Morgan fingerprint density at radius 3 is 2.34 bits per heavy atom. The van der Waals surface area contributed by atoms with Gasteiger partial charge in [0.15, 0.2) is 17.1 Å². The Hall–Kier alpha value is -4.52. The van der Waals surface area contributed by atoms with Crippen LogP contribution in [0, 0.1) is 18.6 Å². The maximum Gasteiger partial charge on any atom is 0.416 e. The number of nitrogens with zero attached hydrogens (tertiary/aromatic N) is 3. The standard InChI is InChI=1S/C41H40F5N3O3S/c1-27-6-15-36-34(22-27)37(50)23-39(53-26-31-4-3-5-35(42)40(31)43)49(36)25-38(51)48(33-16-18-47(19-17-33)20-21-52-2)24-28-7-9-29(10-8-28)30-11-13-32(14-12-30)41(44,45)46/h3-15,22-23,33H,16-21,24-26H2,1-2H3/i6D,15D,20D2,22D,23D,25D2,26D2. The van der Waals surface area contributed by atoms with Gasteiger partial charge < -0.3 is 19.1 Å². The minimum absolute atomic E-state index is 0.0690. The Labute approximate surface area is 323 Å². The Balaban J connectivity index is 1.50. The predicted molar refractivity (Wildman–Crippen MR) is 198 cm³/mol. The summed E-state index contributed by atoms with van der Waals surface area (Å²) in [5.41, 5.74) is -5.68. The van der Waals surface area contributed by atoms with E-state index < -0.39 is 105 Å². The topological polar surface area (TPSA) is 54.8 Å². The second kappa shape index (κ2) is 16.7. The third-order valence-corrected chi connectivity index (χ3v) is 9.46. The number of thioether (sulfide) groups is 1. The van der Waals surface area contributed by atoms with Gasteiger partial charge in [-0.25, -0.2) is 8.78 Å². The Bertz CT molecular complexity index is 2610. The van der Waals surface area contributed by atoms with Crippen LogP contribution in [-0.4, -0.2) is 59.6 Å². The van der Waals surface area contributed by atoms with Gasteiger partial charge in [-0.3, -0.25) is 9.59 Å². The maximum absolute atomic E-state index is 15.1. The summed E-state index contributed by atoms with van der Waals surface area (Å²) in [6.45, 7) is -4.60. The molecule has 0 N–H and O–H groups in total. The van der Waals surface area contributed by atoms with E-state index in [2.05, 4.69) is 0 Å². The van der Waals surface area contributed by atoms with E-state index in [1.165, 1.54) is 31.1 Å². The van der Waals surface area contributed by atoms with E-state index in [9.17, 15) is 25.1 Å². The predicted octanol–water partition coefficient (Wildman–Crippen LogP) is 8.71. The molecule has 4 aromatic carbocycles. The highest BCUT2D eigenvalue weighted by molar-refractivity contribution is 7.98. The number of hydrogen-bond acceptors (Lipinski definition) is 5. The SMILES string of the molecule is [2H]c1c(C)c([2H])c2c(=O)c([2H])c(SC([2H])([2H])c3cccc(F)c3F)n(C([2H])([2H])C(=O)N(Cc3ccc(-c4ccc(C(F)(F)F)cc4)cc3)C3CCN(C([2H])([2H])COC)CC3)c2c1[2H]. The molecule has 5 aromatic rings. The average Bonchev–Trinajstić information content (AvgIpc) is 3.23. The van der Waals surface area contributed by atoms with Crippen LogP contribution in [0.25, 0.3) is 22.0 Å². The van der Waals surface area contributed by atoms with Crippen molar-refractivity contribution < 1.29 is 45.2 Å². The van der Waals surface area contributed by atoms with Crippen LogP contribution in [0.5, 0.6) is 0 Å². The fourth-order valence-corrected chi connectivity index (χ4v) is 6.61. The molecule has 1 saturated heterocycles. The third-order valence-electron chi connectivity index (χ3n) is 8.66. The Kier molecular flexibility index (Phi) is 8.52. The molecule has 0 aliphatic carbocycles. The molecule has 0 radical (unpaired) electrons. The molecule has 0 saturated carbocycles. The molecule has 0 atom stereocenters. The van der Waals surface area contributed by atoms with Crippen molar-refractivity contribution in [2.24, 2.45) is 0 Å². The number of halogens is 5. The van der Waals surface area contributed by atoms with Crippen molar-refractivity contribution in [2.45, 2.75) is 55.8 Å². The van der Waals surface area contributed by atoms with Gasteiger partial charge in [0.2, 0.25) is 5.91 Å². The first-order valence-corrected chi connectivity index (χ1v) is 17.3. The van der Waals surface area contributed by atoms with E-state index >= 15 is 9.18 Å². The molecule has 1 aromatic heterocycles. The summed E-state index contributed by atoms with van der Waals surface area (Å²) in [5, 5.41) is -1.64. The number of benzene rings is 4. The number of likely N-dealkylation sites (tertiary alicyclic amines) is 1. The molecular weight excluding hydrogens is 710 g/mol. The van der Waals surface area contributed by atoms with Crippen LogP contribution >= 0.6 is 11.8 Å². The zero-order valence-electron chi connectivity index (χ0n) is 38.5. The van der Waals surface area contributed by atoms with Crippen molar-refractivity contribution in [3.8, 4) is 11.1 Å². The van der Waals surface area contributed by atoms with Crippen molar-refractivity contribution in [1.29, 1.82) is 0 Å². The smallest absolute Gasteiger partial charge is 0.383 e. The van der Waals surface area contributed by atoms with Crippen molar-refractivity contribution in [3.63, 3.8) is 0 Å². The monoisotopic (exact) mass is 759 g/mol. The number of pyridine rings is 1. The first-order chi connectivity index (χ1) is 29.3. The lowest BCUT2D eigenvalue weighted by atomic mass is 10.00. The number of ether oxygens (including phenoxy) is 1. The highest BCUT2D eigenvalue weighted by atomic mass is 32.2. The van der Waals surface area contributed by atoms with Crippen molar-refractivity contribution in [3.05, 3.63) is 135 Å². The number of amides is 1. The zero-order valence-corrected chi connectivity index (χ0v) is 29.4. The van der Waals surface area contributed by atoms with E-state index in [1.54, 1.807) is 24.3 Å². The summed E-state index contributed by atoms with van der Waals surface area (Å²) >= 11 is -0.103. The van der Waals surface area contributed by atoms with Gasteiger partial charge in [0.25, 0.3) is 0 Å². The number of fused-ring (bicyclic) bond motifs is 1. The first kappa shape index (κ1) is 27.1. The number of piperidine rings is 1. The summed E-state index contributed by atoms with van der Waals surface area (Å²) in [4.78, 5) is 31.7. The lowest BCUT2D eigenvalue weighted by Crippen LogP contribution is -2.48. The summed E-state index contributed by atoms with van der Waals surface area (Å²) in [5.74, 6) is -4.41. The van der Waals surface area contributed by atoms with Gasteiger partial charge in [-0.05, 0) is 66.7 Å². The fourth-order valence-electron chi connectivity index (χ4n) is 5.88. The Morgan fingerprint density at radius 1 is 1.00 bits per heavy atom. The summed E-state index contributed by atoms with van der Waals surface area (Å²) < 4.78 is 163. The van der Waals surface area contributed by atoms with E-state index in [-0.39, 0.29) is 56.4 Å². The molecule has 0 bridgehead atoms. The molecule has 278 valence electrons. The van der Waals surface area contributed by atoms with Crippen molar-refractivity contribution in [2.75, 3.05) is 33.3 Å². The summed E-state index contributed by atoms with van der Waals surface area (Å²) in [6.07, 6.45) is -4.37. The van der Waals surface area contributed by atoms with Crippen LogP contribution in [0.3, 0.4) is 0 Å². The average molecular weight is 760 g/mol. The second-order valence-electron chi connectivity index (χ2n) is 12.3. The molecule has 53 heavy (non-hydrogen) atoms. The quantitative estimate of drug-likeness (QED) is 0.0942. The molecule has 1 amide bonds. The van der Waals surface area contributed by atoms with Gasteiger partial charge in [0.05, 0.1) is 30.9 Å². The van der Waals surface area contributed by atoms with Crippen LogP contribution in [0.4, 0.5) is 22.0 Å². The van der Waals surface area contributed by atoms with E-state index in [0.717, 1.165) is 35.2 Å². The molecular formula is C41H40F5N3O3S. The van der Waals surface area contributed by atoms with Gasteiger partial charge in [0.1, 0.15) is 6.50 Å². The van der Waals surface area contributed by atoms with Crippen LogP contribution in [0.2, 0.25) is 0 Å². The van der Waals surface area contributed by atoms with E-state index in [0.29, 0.717) is 21.3 Å². The molecule has 0 spiro atoms. The maximum atomic E-state index is 15.1. The van der Waals surface area contributed by atoms with Gasteiger partial charge in [0, 0.05) is 67.5 Å². The van der Waals surface area contributed by atoms with E-state index in [1.807, 2.05) is 0 Å². The fraction of sp³-hybridized carbons (Fsp3) is 0.317. The molecule has 6 rings (SSSR count). The lowest BCUT2D eigenvalue weighted by molar-refractivity contribution is -0.137. The van der Waals surface area contributed by atoms with Crippen LogP contribution < -0.4 is 5.43 Å². The van der Waals surface area contributed by atoms with Crippen molar-refractivity contribution in [1.82, 2.24) is 14.4 Å². The number of aromatic nitrogens is 1. The number of rotatable bonds is 12. The summed E-state index contributed by atoms with van der Waals surface area (Å²) in [7, 11) is 1.34. The molecule has 12 heteroatoms. The molecule has 1 fully saturated rings. The van der Waals surface area contributed by atoms with Gasteiger partial charge in [-0.2, -0.15) is 13.2 Å². The Morgan fingerprint density at radius 2 is 1.68 bits per heavy atom. The molecule has 2 heterocycles. The van der Waals surface area contributed by atoms with Crippen LogP contribution in [-0.2, 0) is 34.5 Å². The summed E-state index contributed by atoms with van der Waals surface area (Å²) in [6, 6.07) is 9.30. The highest BCUT2D eigenvalue weighted by Crippen LogP contribution is 2.32. The van der Waals surface area contributed by atoms with Gasteiger partial charge >= 0.3 is 6.18 Å². The largest absolute Gasteiger partial charge is 0.416 e. The zero-order chi connectivity index (χ0) is 46.6. The first-order valence-electron chi connectivity index (χ1n) is 21.4. The van der Waals surface area contributed by atoms with Gasteiger partial charge in [-0.1, -0.05) is 60.1 Å². The number of carbonyl (C=O) groups excluding carboxylic acids is 1. The van der Waals surface area contributed by atoms with Crippen LogP contribution in [0.15, 0.2) is 101 Å². The minimum atomic E-state index is -4.55.